The van der Waals surface area contributed by atoms with Crippen molar-refractivity contribution in [3.63, 3.8) is 0 Å². The monoisotopic (exact) mass is 365 g/mol. The molecule has 3 aromatic carbocycles. The second-order valence-electron chi connectivity index (χ2n) is 6.62. The smallest absolute Gasteiger partial charge is 0.282 e. The first-order chi connectivity index (χ1) is 12.6. The lowest BCUT2D eigenvalue weighted by atomic mass is 10.1. The molecule has 0 spiro atoms. The van der Waals surface area contributed by atoms with E-state index in [0.717, 1.165) is 17.1 Å². The SMILES string of the molecule is CSc1ccccc1NC(=O)[C@H](C)[NH+](C)Cc1ccc2ccccc2c1. The van der Waals surface area contributed by atoms with E-state index in [0.29, 0.717) is 0 Å². The van der Waals surface area contributed by atoms with Crippen molar-refractivity contribution in [3.8, 4) is 0 Å². The van der Waals surface area contributed by atoms with Crippen molar-refractivity contribution in [1.29, 1.82) is 0 Å². The van der Waals surface area contributed by atoms with Crippen LogP contribution in [0, 0.1) is 0 Å². The van der Waals surface area contributed by atoms with E-state index in [9.17, 15) is 4.79 Å². The Morgan fingerprint density at radius 2 is 1.73 bits per heavy atom. The lowest BCUT2D eigenvalue weighted by molar-refractivity contribution is -0.907. The van der Waals surface area contributed by atoms with Crippen LogP contribution in [0.3, 0.4) is 0 Å². The minimum atomic E-state index is -0.142. The van der Waals surface area contributed by atoms with Gasteiger partial charge in [-0.1, -0.05) is 48.5 Å². The third kappa shape index (κ3) is 4.26. The number of carbonyl (C=O) groups excluding carboxylic acids is 1. The van der Waals surface area contributed by atoms with E-state index in [-0.39, 0.29) is 11.9 Å². The summed E-state index contributed by atoms with van der Waals surface area (Å²) in [6.07, 6.45) is 2.02. The van der Waals surface area contributed by atoms with E-state index in [1.54, 1.807) is 11.8 Å². The highest BCUT2D eigenvalue weighted by molar-refractivity contribution is 7.98. The van der Waals surface area contributed by atoms with Gasteiger partial charge in [0.05, 0.1) is 12.7 Å². The van der Waals surface area contributed by atoms with Gasteiger partial charge in [-0.05, 0) is 42.2 Å². The molecule has 0 fully saturated rings. The van der Waals surface area contributed by atoms with Gasteiger partial charge in [0, 0.05) is 10.5 Å². The van der Waals surface area contributed by atoms with Crippen molar-refractivity contribution in [2.75, 3.05) is 18.6 Å². The number of fused-ring (bicyclic) bond motifs is 1. The first-order valence-corrected chi connectivity index (χ1v) is 10.0. The van der Waals surface area contributed by atoms with Crippen LogP contribution in [0.1, 0.15) is 12.5 Å². The molecule has 0 aliphatic heterocycles. The van der Waals surface area contributed by atoms with Gasteiger partial charge in [0.15, 0.2) is 6.04 Å². The minimum absolute atomic E-state index is 0.0461. The molecule has 0 aromatic heterocycles. The summed E-state index contributed by atoms with van der Waals surface area (Å²) in [6.45, 7) is 2.79. The molecule has 3 nitrogen and oxygen atoms in total. The molecule has 0 heterocycles. The van der Waals surface area contributed by atoms with E-state index in [1.807, 2.05) is 37.4 Å². The predicted molar refractivity (Wildman–Crippen MR) is 111 cm³/mol. The van der Waals surface area contributed by atoms with Crippen LogP contribution < -0.4 is 10.2 Å². The number of carbonyl (C=O) groups is 1. The molecule has 134 valence electrons. The molecular formula is C22H25N2OS+. The molecule has 1 amide bonds. The number of para-hydroxylation sites is 1. The van der Waals surface area contributed by atoms with Crippen molar-refractivity contribution in [1.82, 2.24) is 0 Å². The molecule has 1 unspecified atom stereocenters. The zero-order valence-corrected chi connectivity index (χ0v) is 16.3. The first kappa shape index (κ1) is 18.5. The Morgan fingerprint density at radius 3 is 2.50 bits per heavy atom. The van der Waals surface area contributed by atoms with Crippen molar-refractivity contribution in [2.45, 2.75) is 24.4 Å². The van der Waals surface area contributed by atoms with Crippen molar-refractivity contribution in [3.05, 3.63) is 72.3 Å². The average molecular weight is 366 g/mol. The summed E-state index contributed by atoms with van der Waals surface area (Å²) < 4.78 is 0. The molecule has 0 radical (unpaired) electrons. The highest BCUT2D eigenvalue weighted by Gasteiger charge is 2.22. The quantitative estimate of drug-likeness (QED) is 0.655. The summed E-state index contributed by atoms with van der Waals surface area (Å²) in [5, 5.41) is 5.56. The Morgan fingerprint density at radius 1 is 1.04 bits per heavy atom. The number of hydrogen-bond acceptors (Lipinski definition) is 2. The third-order valence-electron chi connectivity index (χ3n) is 4.79. The van der Waals surface area contributed by atoms with Gasteiger partial charge in [-0.15, -0.1) is 11.8 Å². The number of anilines is 1. The van der Waals surface area contributed by atoms with Crippen molar-refractivity contribution < 1.29 is 9.69 Å². The number of hydrogen-bond donors (Lipinski definition) is 2. The summed E-state index contributed by atoms with van der Waals surface area (Å²) >= 11 is 1.64. The zero-order chi connectivity index (χ0) is 18.5. The maximum atomic E-state index is 12.7. The van der Waals surface area contributed by atoms with Gasteiger partial charge >= 0.3 is 0 Å². The van der Waals surface area contributed by atoms with Gasteiger partial charge in [-0.25, -0.2) is 0 Å². The van der Waals surface area contributed by atoms with Crippen molar-refractivity contribution in [2.24, 2.45) is 0 Å². The molecule has 2 N–H and O–H groups in total. The lowest BCUT2D eigenvalue weighted by Crippen LogP contribution is -3.12. The normalized spacial score (nSPS) is 13.3. The van der Waals surface area contributed by atoms with E-state index in [1.165, 1.54) is 21.2 Å². The maximum absolute atomic E-state index is 12.7. The van der Waals surface area contributed by atoms with Gasteiger partial charge in [-0.3, -0.25) is 4.79 Å². The van der Waals surface area contributed by atoms with E-state index in [4.69, 9.17) is 0 Å². The Balaban J connectivity index is 1.68. The fourth-order valence-corrected chi connectivity index (χ4v) is 3.59. The topological polar surface area (TPSA) is 33.5 Å². The van der Waals surface area contributed by atoms with Crippen LogP contribution in [0.15, 0.2) is 71.6 Å². The summed E-state index contributed by atoms with van der Waals surface area (Å²) in [5.74, 6) is 0.0461. The zero-order valence-electron chi connectivity index (χ0n) is 15.5. The molecule has 0 aliphatic rings. The van der Waals surface area contributed by atoms with Crippen LogP contribution in [0.2, 0.25) is 0 Å². The summed E-state index contributed by atoms with van der Waals surface area (Å²) in [6, 6.07) is 22.7. The molecule has 2 atom stereocenters. The first-order valence-electron chi connectivity index (χ1n) is 8.82. The number of nitrogens with one attached hydrogen (secondary N) is 2. The maximum Gasteiger partial charge on any atom is 0.282 e. The largest absolute Gasteiger partial charge is 0.324 e. The number of thioether (sulfide) groups is 1. The lowest BCUT2D eigenvalue weighted by Gasteiger charge is -2.22. The minimum Gasteiger partial charge on any atom is -0.324 e. The summed E-state index contributed by atoms with van der Waals surface area (Å²) in [7, 11) is 2.07. The van der Waals surface area contributed by atoms with Gasteiger partial charge < -0.3 is 10.2 Å². The number of amides is 1. The Kier molecular flexibility index (Phi) is 5.96. The van der Waals surface area contributed by atoms with Crippen LogP contribution >= 0.6 is 11.8 Å². The van der Waals surface area contributed by atoms with Crippen LogP contribution in [-0.4, -0.2) is 25.3 Å². The molecule has 0 aliphatic carbocycles. The Labute approximate surface area is 159 Å². The van der Waals surface area contributed by atoms with E-state index >= 15 is 0 Å². The molecular weight excluding hydrogens is 340 g/mol. The van der Waals surface area contributed by atoms with Gasteiger partial charge in [0.2, 0.25) is 0 Å². The van der Waals surface area contributed by atoms with E-state index in [2.05, 4.69) is 54.8 Å². The fraction of sp³-hybridized carbons (Fsp3) is 0.227. The molecule has 0 bridgehead atoms. The van der Waals surface area contributed by atoms with Crippen LogP contribution in [-0.2, 0) is 11.3 Å². The molecule has 0 saturated heterocycles. The van der Waals surface area contributed by atoms with Crippen LogP contribution in [0.5, 0.6) is 0 Å². The summed E-state index contributed by atoms with van der Waals surface area (Å²) in [5.41, 5.74) is 2.13. The molecule has 3 aromatic rings. The Bertz CT molecular complexity index is 909. The fourth-order valence-electron chi connectivity index (χ4n) is 3.04. The highest BCUT2D eigenvalue weighted by atomic mass is 32.2. The number of quaternary nitrogens is 1. The van der Waals surface area contributed by atoms with Crippen LogP contribution in [0.25, 0.3) is 10.8 Å². The standard InChI is InChI=1S/C22H24N2OS/c1-16(22(25)23-20-10-6-7-11-21(20)26-3)24(2)15-17-12-13-18-8-4-5-9-19(18)14-17/h4-14,16H,15H2,1-3H3,(H,23,25)/p+1/t16-/m0/s1. The molecule has 4 heteroatoms. The summed E-state index contributed by atoms with van der Waals surface area (Å²) in [4.78, 5) is 14.9. The van der Waals surface area contributed by atoms with Gasteiger partial charge in [0.1, 0.15) is 6.54 Å². The van der Waals surface area contributed by atoms with Crippen molar-refractivity contribution >= 4 is 34.1 Å². The van der Waals surface area contributed by atoms with Gasteiger partial charge in [-0.2, -0.15) is 0 Å². The van der Waals surface area contributed by atoms with E-state index < -0.39 is 0 Å². The van der Waals surface area contributed by atoms with Crippen LogP contribution in [0.4, 0.5) is 5.69 Å². The number of rotatable bonds is 6. The third-order valence-corrected chi connectivity index (χ3v) is 5.59. The number of likely N-dealkylation sites (N-methyl/N-ethyl adjacent to an activating group) is 1. The average Bonchev–Trinajstić information content (AvgIpc) is 2.67. The van der Waals surface area contributed by atoms with Gasteiger partial charge in [0.25, 0.3) is 5.91 Å². The second kappa shape index (κ2) is 8.39. The molecule has 0 saturated carbocycles. The molecule has 3 rings (SSSR count). The predicted octanol–water partition coefficient (Wildman–Crippen LogP) is 3.60. The number of benzene rings is 3. The molecule has 26 heavy (non-hydrogen) atoms. The Hall–Kier alpha value is -2.30. The second-order valence-corrected chi connectivity index (χ2v) is 7.46. The highest BCUT2D eigenvalue weighted by Crippen LogP contribution is 2.24.